The molecule has 1 aliphatic heterocycles. The summed E-state index contributed by atoms with van der Waals surface area (Å²) in [6.07, 6.45) is 0.392. The molecule has 25 heteroatoms. The molecule has 25 nitrogen and oxygen atoms in total. The molecule has 528 valence electrons. The number of aliphatic hydroxyl groups is 1. The number of hydrogen-bond donors (Lipinski definition) is 5. The van der Waals surface area contributed by atoms with Crippen molar-refractivity contribution in [2.45, 2.75) is 242 Å². The number of amides is 11. The smallest absolute Gasteiger partial charge is 0.273 e. The molecule has 92 heavy (non-hydrogen) atoms. The van der Waals surface area contributed by atoms with E-state index in [1.165, 1.54) is 87.7 Å². The van der Waals surface area contributed by atoms with Gasteiger partial charge in [0.15, 0.2) is 0 Å². The van der Waals surface area contributed by atoms with E-state index in [4.69, 9.17) is 4.74 Å². The Labute approximate surface area is 551 Å². The molecular formula is C67H122N12O13. The summed E-state index contributed by atoms with van der Waals surface area (Å²) in [5.74, 6) is -10.4. The van der Waals surface area contributed by atoms with Crippen molar-refractivity contribution in [1.29, 1.82) is 0 Å². The first-order chi connectivity index (χ1) is 42.4. The van der Waals surface area contributed by atoms with Crippen LogP contribution >= 0.6 is 0 Å². The molecule has 1 saturated heterocycles. The predicted molar refractivity (Wildman–Crippen MR) is 356 cm³/mol. The van der Waals surface area contributed by atoms with Gasteiger partial charge in [-0.2, -0.15) is 0 Å². The van der Waals surface area contributed by atoms with Crippen LogP contribution in [-0.4, -0.2) is 258 Å². The third kappa shape index (κ3) is 23.7. The van der Waals surface area contributed by atoms with Gasteiger partial charge in [0, 0.05) is 55.9 Å². The van der Waals surface area contributed by atoms with Gasteiger partial charge in [0.05, 0.1) is 12.2 Å². The van der Waals surface area contributed by atoms with E-state index in [1.54, 1.807) is 81.6 Å². The summed E-state index contributed by atoms with van der Waals surface area (Å²) in [5, 5.41) is 23.4. The van der Waals surface area contributed by atoms with Crippen molar-refractivity contribution in [3.63, 3.8) is 0 Å². The number of aliphatic hydroxyl groups excluding tert-OH is 1. The molecule has 0 bridgehead atoms. The van der Waals surface area contributed by atoms with Gasteiger partial charge in [0.1, 0.15) is 60.4 Å². The fourth-order valence-electron chi connectivity index (χ4n) is 11.6. The zero-order chi connectivity index (χ0) is 71.4. The molecule has 0 spiro atoms. The largest absolute Gasteiger partial charge is 0.390 e. The Morgan fingerprint density at radius 3 is 1.32 bits per heavy atom. The summed E-state index contributed by atoms with van der Waals surface area (Å²) >= 11 is 0. The number of ether oxygens (including phenoxy) is 1. The van der Waals surface area contributed by atoms with Crippen molar-refractivity contribution in [2.24, 2.45) is 41.4 Å². The molecule has 11 amide bonds. The normalized spacial score (nSPS) is 27.0. The van der Waals surface area contributed by atoms with Crippen LogP contribution < -0.4 is 21.3 Å². The quantitative estimate of drug-likeness (QED) is 0.116. The second kappa shape index (κ2) is 38.2. The van der Waals surface area contributed by atoms with Crippen molar-refractivity contribution in [2.75, 3.05) is 70.0 Å². The number of allylic oxidation sites excluding steroid dienone is 2. The van der Waals surface area contributed by atoms with Gasteiger partial charge < -0.3 is 70.3 Å². The van der Waals surface area contributed by atoms with E-state index in [-0.39, 0.29) is 62.2 Å². The number of hydrogen-bond acceptors (Lipinski definition) is 14. The van der Waals surface area contributed by atoms with Crippen LogP contribution in [0.15, 0.2) is 12.2 Å². The molecule has 5 N–H and O–H groups in total. The number of carbonyl (C=O) groups excluding carboxylic acids is 11. The van der Waals surface area contributed by atoms with Gasteiger partial charge in [0.25, 0.3) is 5.91 Å². The summed E-state index contributed by atoms with van der Waals surface area (Å²) in [5.41, 5.74) is 0. The van der Waals surface area contributed by atoms with E-state index in [1.807, 2.05) is 60.3 Å². The van der Waals surface area contributed by atoms with E-state index < -0.39 is 162 Å². The highest BCUT2D eigenvalue weighted by Crippen LogP contribution is 2.26. The van der Waals surface area contributed by atoms with Gasteiger partial charge in [-0.1, -0.05) is 109 Å². The van der Waals surface area contributed by atoms with Crippen molar-refractivity contribution >= 4 is 65.0 Å². The van der Waals surface area contributed by atoms with Gasteiger partial charge in [-0.15, -0.1) is 0 Å². The highest BCUT2D eigenvalue weighted by atomic mass is 16.5. The summed E-state index contributed by atoms with van der Waals surface area (Å²) < 4.78 is 6.45. The first-order valence-electron chi connectivity index (χ1n) is 33.1. The van der Waals surface area contributed by atoms with E-state index >= 15 is 28.8 Å². The SMILES string of the molecule is C/C=C/C[C@@H](C)[C@@H](O)C1C(=O)N[C@@H](CC)C(=O)N(C)[C@H](O[C@@H](C)CN(C)C)C(=O)N(C)[C@@H](CC(C)C)C(=O)N[C@@H](C(C)C)C(=O)N(C)[C@@H](CC(C)C)C(=O)N[C@@H](C)C(=O)N[C@H](C)C(=O)N(C)[C@@H](CC(C)C)C(=O)N(C)[C@@H](CC(C)C)C(=O)N(C)[C@@H](C(C)C)C(=O)N1C. The number of rotatable bonds is 19. The fourth-order valence-corrected chi connectivity index (χ4v) is 11.6. The lowest BCUT2D eigenvalue weighted by Crippen LogP contribution is -2.64. The van der Waals surface area contributed by atoms with Crippen LogP contribution in [0.2, 0.25) is 0 Å². The molecule has 1 rings (SSSR count). The number of nitrogens with zero attached hydrogens (tertiary/aromatic N) is 8. The summed E-state index contributed by atoms with van der Waals surface area (Å²) in [6, 6.07) is -12.8. The highest BCUT2D eigenvalue weighted by Gasteiger charge is 2.47. The van der Waals surface area contributed by atoms with Crippen molar-refractivity contribution < 1.29 is 62.6 Å². The Bertz CT molecular complexity index is 2510. The lowest BCUT2D eigenvalue weighted by atomic mass is 9.91. The fraction of sp³-hybridized carbons (Fsp3) is 0.806. The minimum atomic E-state index is -1.70. The summed E-state index contributed by atoms with van der Waals surface area (Å²) in [4.78, 5) is 174. The summed E-state index contributed by atoms with van der Waals surface area (Å²) in [6.45, 7) is 31.8. The molecule has 0 aromatic rings. The zero-order valence-corrected chi connectivity index (χ0v) is 61.1. The maximum Gasteiger partial charge on any atom is 0.273 e. The van der Waals surface area contributed by atoms with Crippen LogP contribution in [0.4, 0.5) is 0 Å². The Kier molecular flexibility index (Phi) is 34.8. The standard InChI is InChI=1S/C67H122N12O13/c1-28-30-31-43(15)55(80)54-59(84)70-47(29-2)61(86)79(27)67(92-44(16)36-72(19)20)66(91)74(22)49(33-38(5)6)58(83)71-52(41(11)12)64(89)73(21)48(32-37(3)4)57(82)68-45(17)56(81)69-46(18)60(85)75(23)50(34-39(7)8)62(87)76(24)51(35-40(9)10)63(88)77(25)53(42(13)14)65(90)78(54)26/h28,30,37-55,67,80H,29,31-36H2,1-27H3,(H,68,82)(H,69,81)(H,70,84)(H,71,83)/b30-28+/t43-,44+,45+,46-,47+,48+,49+,50+,51+,52+,53+,54?,55-,67-/m1/s1. The maximum absolute atomic E-state index is 15.3. The molecule has 0 aromatic carbocycles. The topological polar surface area (TPSA) is 291 Å². The highest BCUT2D eigenvalue weighted by molar-refractivity contribution is 6.00. The van der Waals surface area contributed by atoms with Gasteiger partial charge in [-0.25, -0.2) is 0 Å². The number of likely N-dealkylation sites (N-methyl/N-ethyl adjacent to an activating group) is 8. The van der Waals surface area contributed by atoms with E-state index in [0.717, 1.165) is 9.80 Å². The van der Waals surface area contributed by atoms with Crippen molar-refractivity contribution in [3.8, 4) is 0 Å². The average molecular weight is 1300 g/mol. The Morgan fingerprint density at radius 1 is 0.467 bits per heavy atom. The molecule has 0 saturated carbocycles. The molecule has 1 heterocycles. The third-order valence-electron chi connectivity index (χ3n) is 17.2. The average Bonchev–Trinajstić information content (AvgIpc) is 0.815. The van der Waals surface area contributed by atoms with Crippen molar-refractivity contribution in [1.82, 2.24) is 60.5 Å². The molecule has 0 aliphatic carbocycles. The summed E-state index contributed by atoms with van der Waals surface area (Å²) in [7, 11) is 13.4. The Hall–Kier alpha value is -6.21. The Morgan fingerprint density at radius 2 is 0.880 bits per heavy atom. The van der Waals surface area contributed by atoms with Crippen LogP contribution in [0.25, 0.3) is 0 Å². The Balaban J connectivity index is 4.56. The van der Waals surface area contributed by atoms with Crippen LogP contribution in [0, 0.1) is 41.4 Å². The molecule has 1 fully saturated rings. The van der Waals surface area contributed by atoms with Gasteiger partial charge in [0.2, 0.25) is 65.3 Å². The molecular weight excluding hydrogens is 1180 g/mol. The molecule has 1 unspecified atom stereocenters. The maximum atomic E-state index is 15.3. The lowest BCUT2D eigenvalue weighted by Gasteiger charge is -2.41. The first-order valence-corrected chi connectivity index (χ1v) is 33.1. The van der Waals surface area contributed by atoms with Crippen LogP contribution in [0.1, 0.15) is 163 Å². The second-order valence-electron chi connectivity index (χ2n) is 28.4. The molecule has 0 aromatic heterocycles. The van der Waals surface area contributed by atoms with E-state index in [2.05, 4.69) is 21.3 Å². The van der Waals surface area contributed by atoms with Crippen molar-refractivity contribution in [3.05, 3.63) is 12.2 Å². The van der Waals surface area contributed by atoms with E-state index in [0.29, 0.717) is 6.54 Å². The first kappa shape index (κ1) is 83.8. The van der Waals surface area contributed by atoms with E-state index in [9.17, 15) is 29.1 Å². The third-order valence-corrected chi connectivity index (χ3v) is 17.2. The number of nitrogens with one attached hydrogen (secondary N) is 4. The van der Waals surface area contributed by atoms with Gasteiger partial charge in [-0.05, 0) is 122 Å². The molecule has 0 radical (unpaired) electrons. The molecule has 14 atom stereocenters. The minimum Gasteiger partial charge on any atom is -0.390 e. The number of carbonyl (C=O) groups is 11. The van der Waals surface area contributed by atoms with Gasteiger partial charge in [-0.3, -0.25) is 52.7 Å². The van der Waals surface area contributed by atoms with Crippen LogP contribution in [0.3, 0.4) is 0 Å². The van der Waals surface area contributed by atoms with Crippen LogP contribution in [0.5, 0.6) is 0 Å². The zero-order valence-electron chi connectivity index (χ0n) is 61.1. The minimum absolute atomic E-state index is 0.0466. The second-order valence-corrected chi connectivity index (χ2v) is 28.4. The monoisotopic (exact) mass is 1300 g/mol. The van der Waals surface area contributed by atoms with Gasteiger partial charge >= 0.3 is 0 Å². The lowest BCUT2D eigenvalue weighted by molar-refractivity contribution is -0.173. The van der Waals surface area contributed by atoms with Crippen LogP contribution in [-0.2, 0) is 57.5 Å². The molecule has 1 aliphatic rings. The predicted octanol–water partition coefficient (Wildman–Crippen LogP) is 3.56.